The van der Waals surface area contributed by atoms with Crippen molar-refractivity contribution in [2.45, 2.75) is 51.0 Å². The van der Waals surface area contributed by atoms with Crippen LogP contribution in [-0.4, -0.2) is 30.0 Å². The van der Waals surface area contributed by atoms with E-state index in [1.807, 2.05) is 29.2 Å². The molecule has 0 radical (unpaired) electrons. The Morgan fingerprint density at radius 3 is 2.50 bits per heavy atom. The summed E-state index contributed by atoms with van der Waals surface area (Å²) in [4.78, 5) is 14.6. The predicted molar refractivity (Wildman–Crippen MR) is 88.3 cm³/mol. The minimum Gasteiger partial charge on any atom is -0.490 e. The number of hydrogen-bond acceptors (Lipinski definition) is 2. The SMILES string of the molecule is O=C(C1CCCCC1)N1CCC(Oc2cccc(Cl)c2)CC1. The molecule has 0 spiro atoms. The van der Waals surface area contributed by atoms with Gasteiger partial charge in [0.25, 0.3) is 0 Å². The molecule has 1 aliphatic carbocycles. The van der Waals surface area contributed by atoms with E-state index in [0.29, 0.717) is 10.9 Å². The normalized spacial score (nSPS) is 20.9. The zero-order valence-corrected chi connectivity index (χ0v) is 13.7. The molecule has 0 N–H and O–H groups in total. The van der Waals surface area contributed by atoms with E-state index >= 15 is 0 Å². The largest absolute Gasteiger partial charge is 0.490 e. The van der Waals surface area contributed by atoms with Crippen LogP contribution in [0.15, 0.2) is 24.3 Å². The first-order valence-corrected chi connectivity index (χ1v) is 8.81. The summed E-state index contributed by atoms with van der Waals surface area (Å²) >= 11 is 5.98. The summed E-state index contributed by atoms with van der Waals surface area (Å²) in [5, 5.41) is 0.697. The molecule has 3 rings (SSSR count). The molecular formula is C18H24ClNO2. The van der Waals surface area contributed by atoms with Crippen molar-refractivity contribution in [3.05, 3.63) is 29.3 Å². The molecule has 3 nitrogen and oxygen atoms in total. The average Bonchev–Trinajstić information content (AvgIpc) is 2.56. The highest BCUT2D eigenvalue weighted by atomic mass is 35.5. The van der Waals surface area contributed by atoms with Crippen molar-refractivity contribution in [1.29, 1.82) is 0 Å². The Morgan fingerprint density at radius 2 is 1.82 bits per heavy atom. The molecule has 0 aromatic heterocycles. The van der Waals surface area contributed by atoms with Crippen LogP contribution in [-0.2, 0) is 4.79 Å². The molecule has 1 saturated carbocycles. The Morgan fingerprint density at radius 1 is 1.09 bits per heavy atom. The lowest BCUT2D eigenvalue weighted by Crippen LogP contribution is -2.44. The maximum Gasteiger partial charge on any atom is 0.225 e. The number of nitrogens with zero attached hydrogens (tertiary/aromatic N) is 1. The van der Waals surface area contributed by atoms with Crippen LogP contribution in [0.2, 0.25) is 5.02 Å². The Bertz CT molecular complexity index is 506. The molecule has 0 unspecified atom stereocenters. The van der Waals surface area contributed by atoms with Gasteiger partial charge >= 0.3 is 0 Å². The Kier molecular flexibility index (Phi) is 5.24. The molecule has 0 bridgehead atoms. The van der Waals surface area contributed by atoms with Gasteiger partial charge in [0.05, 0.1) is 0 Å². The number of carbonyl (C=O) groups is 1. The topological polar surface area (TPSA) is 29.5 Å². The van der Waals surface area contributed by atoms with Crippen molar-refractivity contribution in [3.63, 3.8) is 0 Å². The summed E-state index contributed by atoms with van der Waals surface area (Å²) in [5.74, 6) is 1.48. The highest BCUT2D eigenvalue weighted by Crippen LogP contribution is 2.27. The van der Waals surface area contributed by atoms with Gasteiger partial charge in [-0.2, -0.15) is 0 Å². The Balaban J connectivity index is 1.48. The molecule has 22 heavy (non-hydrogen) atoms. The summed E-state index contributed by atoms with van der Waals surface area (Å²) in [6, 6.07) is 7.53. The number of carbonyl (C=O) groups excluding carboxylic acids is 1. The van der Waals surface area contributed by atoms with Crippen LogP contribution in [0.4, 0.5) is 0 Å². The van der Waals surface area contributed by atoms with Gasteiger partial charge in [0.15, 0.2) is 0 Å². The van der Waals surface area contributed by atoms with E-state index in [1.165, 1.54) is 19.3 Å². The van der Waals surface area contributed by atoms with E-state index in [-0.39, 0.29) is 12.0 Å². The first-order valence-electron chi connectivity index (χ1n) is 8.43. The van der Waals surface area contributed by atoms with Crippen molar-refractivity contribution in [2.24, 2.45) is 5.92 Å². The zero-order valence-electron chi connectivity index (χ0n) is 13.0. The van der Waals surface area contributed by atoms with Gasteiger partial charge in [-0.15, -0.1) is 0 Å². The van der Waals surface area contributed by atoms with Crippen LogP contribution in [0.25, 0.3) is 0 Å². The van der Waals surface area contributed by atoms with Crippen LogP contribution in [0.5, 0.6) is 5.75 Å². The molecule has 1 aromatic carbocycles. The van der Waals surface area contributed by atoms with E-state index < -0.39 is 0 Å². The minimum absolute atomic E-state index is 0.189. The van der Waals surface area contributed by atoms with E-state index in [9.17, 15) is 4.79 Å². The number of rotatable bonds is 3. The van der Waals surface area contributed by atoms with E-state index in [4.69, 9.17) is 16.3 Å². The standard InChI is InChI=1S/C18H24ClNO2/c19-15-7-4-8-17(13-15)22-16-9-11-20(12-10-16)18(21)14-5-2-1-3-6-14/h4,7-8,13-14,16H,1-3,5-6,9-12H2. The molecular weight excluding hydrogens is 298 g/mol. The second kappa shape index (κ2) is 7.36. The summed E-state index contributed by atoms with van der Waals surface area (Å²) in [6.45, 7) is 1.64. The van der Waals surface area contributed by atoms with Gasteiger partial charge < -0.3 is 9.64 Å². The number of halogens is 1. The summed E-state index contributed by atoms with van der Waals surface area (Å²) < 4.78 is 5.99. The molecule has 120 valence electrons. The molecule has 1 amide bonds. The summed E-state index contributed by atoms with van der Waals surface area (Å²) in [6.07, 6.45) is 7.88. The van der Waals surface area contributed by atoms with Gasteiger partial charge in [-0.25, -0.2) is 0 Å². The molecule has 1 aliphatic heterocycles. The maximum absolute atomic E-state index is 12.5. The first-order chi connectivity index (χ1) is 10.7. The van der Waals surface area contributed by atoms with Crippen molar-refractivity contribution in [1.82, 2.24) is 4.90 Å². The Labute approximate surface area is 137 Å². The van der Waals surface area contributed by atoms with Crippen LogP contribution in [0.1, 0.15) is 44.9 Å². The number of ether oxygens (including phenoxy) is 1. The number of hydrogen-bond donors (Lipinski definition) is 0. The smallest absolute Gasteiger partial charge is 0.225 e. The highest BCUT2D eigenvalue weighted by molar-refractivity contribution is 6.30. The number of piperidine rings is 1. The van der Waals surface area contributed by atoms with Gasteiger partial charge in [-0.1, -0.05) is 36.9 Å². The summed E-state index contributed by atoms with van der Waals surface area (Å²) in [5.41, 5.74) is 0. The molecule has 1 aromatic rings. The van der Waals surface area contributed by atoms with Gasteiger partial charge in [-0.3, -0.25) is 4.79 Å². The monoisotopic (exact) mass is 321 g/mol. The van der Waals surface area contributed by atoms with Crippen LogP contribution in [0.3, 0.4) is 0 Å². The molecule has 1 saturated heterocycles. The molecule has 2 aliphatic rings. The number of benzene rings is 1. The van der Waals surface area contributed by atoms with Crippen molar-refractivity contribution in [2.75, 3.05) is 13.1 Å². The average molecular weight is 322 g/mol. The fourth-order valence-electron chi connectivity index (χ4n) is 3.53. The van der Waals surface area contributed by atoms with E-state index in [0.717, 1.165) is 44.5 Å². The van der Waals surface area contributed by atoms with Crippen LogP contribution < -0.4 is 4.74 Å². The molecule has 2 fully saturated rings. The van der Waals surface area contributed by atoms with Crippen molar-refractivity contribution in [3.8, 4) is 5.75 Å². The van der Waals surface area contributed by atoms with Gasteiger partial charge in [0, 0.05) is 36.9 Å². The van der Waals surface area contributed by atoms with Crippen LogP contribution in [0, 0.1) is 5.92 Å². The fraction of sp³-hybridized carbons (Fsp3) is 0.611. The zero-order chi connectivity index (χ0) is 15.4. The second-order valence-electron chi connectivity index (χ2n) is 6.43. The number of likely N-dealkylation sites (tertiary alicyclic amines) is 1. The maximum atomic E-state index is 12.5. The quantitative estimate of drug-likeness (QED) is 0.831. The summed E-state index contributed by atoms with van der Waals surface area (Å²) in [7, 11) is 0. The number of amides is 1. The van der Waals surface area contributed by atoms with Crippen LogP contribution >= 0.6 is 11.6 Å². The van der Waals surface area contributed by atoms with E-state index in [2.05, 4.69) is 0 Å². The van der Waals surface area contributed by atoms with Gasteiger partial charge in [-0.05, 0) is 31.0 Å². The second-order valence-corrected chi connectivity index (χ2v) is 6.87. The van der Waals surface area contributed by atoms with Crippen molar-refractivity contribution >= 4 is 17.5 Å². The third-order valence-corrected chi connectivity index (χ3v) is 5.04. The lowest BCUT2D eigenvalue weighted by atomic mass is 9.88. The Hall–Kier alpha value is -1.22. The lowest BCUT2D eigenvalue weighted by molar-refractivity contribution is -0.138. The third-order valence-electron chi connectivity index (χ3n) is 4.81. The predicted octanol–water partition coefficient (Wildman–Crippen LogP) is 4.29. The first kappa shape index (κ1) is 15.7. The molecule has 4 heteroatoms. The third kappa shape index (κ3) is 3.95. The van der Waals surface area contributed by atoms with E-state index in [1.54, 1.807) is 0 Å². The molecule has 1 heterocycles. The van der Waals surface area contributed by atoms with Gasteiger partial charge in [0.2, 0.25) is 5.91 Å². The molecule has 0 atom stereocenters. The van der Waals surface area contributed by atoms with Crippen molar-refractivity contribution < 1.29 is 9.53 Å². The minimum atomic E-state index is 0.189. The highest BCUT2D eigenvalue weighted by Gasteiger charge is 2.29. The fourth-order valence-corrected chi connectivity index (χ4v) is 3.71. The van der Waals surface area contributed by atoms with Gasteiger partial charge in [0.1, 0.15) is 11.9 Å². The lowest BCUT2D eigenvalue weighted by Gasteiger charge is -2.35.